The van der Waals surface area contributed by atoms with Crippen LogP contribution in [0.1, 0.15) is 0 Å². The van der Waals surface area contributed by atoms with Crippen molar-refractivity contribution in [2.24, 2.45) is 0 Å². The standard InChI is InChI=1S/C24H21FN4OS/c1-29(2)19-13-11-18(12-14-19)26-22(30)15-31-24-21-6-4-3-5-20(21)23(27-28-24)16-7-9-17(25)10-8-16/h3-14H,15H2,1-2H3,(H,26,30). The van der Waals surface area contributed by atoms with Gasteiger partial charge in [-0.15, -0.1) is 10.2 Å². The summed E-state index contributed by atoms with van der Waals surface area (Å²) in [5, 5.41) is 14.1. The van der Waals surface area contributed by atoms with Crippen LogP contribution in [0.3, 0.4) is 0 Å². The van der Waals surface area contributed by atoms with E-state index in [2.05, 4.69) is 15.5 Å². The van der Waals surface area contributed by atoms with Crippen LogP contribution in [-0.2, 0) is 4.79 Å². The van der Waals surface area contributed by atoms with E-state index in [1.807, 2.05) is 67.5 Å². The molecule has 0 aliphatic carbocycles. The molecule has 31 heavy (non-hydrogen) atoms. The molecule has 0 unspecified atom stereocenters. The molecule has 0 saturated heterocycles. The van der Waals surface area contributed by atoms with Gasteiger partial charge >= 0.3 is 0 Å². The summed E-state index contributed by atoms with van der Waals surface area (Å²) in [5.74, 6) is -0.198. The number of rotatable bonds is 6. The molecule has 0 aliphatic heterocycles. The maximum atomic E-state index is 13.3. The fourth-order valence-electron chi connectivity index (χ4n) is 3.18. The molecule has 1 aromatic heterocycles. The minimum absolute atomic E-state index is 0.115. The Hall–Kier alpha value is -3.45. The van der Waals surface area contributed by atoms with Gasteiger partial charge in [0, 0.05) is 41.8 Å². The number of aromatic nitrogens is 2. The monoisotopic (exact) mass is 432 g/mol. The van der Waals surface area contributed by atoms with Gasteiger partial charge in [0.05, 0.1) is 5.75 Å². The van der Waals surface area contributed by atoms with Crippen molar-refractivity contribution in [3.8, 4) is 11.3 Å². The van der Waals surface area contributed by atoms with Gasteiger partial charge in [0.1, 0.15) is 16.5 Å². The number of nitrogens with zero attached hydrogens (tertiary/aromatic N) is 3. The molecule has 1 N–H and O–H groups in total. The molecule has 0 aliphatic rings. The molecule has 4 aromatic rings. The lowest BCUT2D eigenvalue weighted by atomic mass is 10.1. The van der Waals surface area contributed by atoms with Crippen molar-refractivity contribution in [1.82, 2.24) is 10.2 Å². The van der Waals surface area contributed by atoms with Gasteiger partial charge in [0.15, 0.2) is 0 Å². The van der Waals surface area contributed by atoms with Crippen molar-refractivity contribution in [3.05, 3.63) is 78.6 Å². The summed E-state index contributed by atoms with van der Waals surface area (Å²) in [5.41, 5.74) is 3.29. The third-order valence-corrected chi connectivity index (χ3v) is 5.76. The number of halogens is 1. The normalized spacial score (nSPS) is 10.8. The van der Waals surface area contributed by atoms with Crippen molar-refractivity contribution in [3.63, 3.8) is 0 Å². The van der Waals surface area contributed by atoms with Crippen molar-refractivity contribution < 1.29 is 9.18 Å². The van der Waals surface area contributed by atoms with Gasteiger partial charge in [-0.05, 0) is 48.5 Å². The fraction of sp³-hybridized carbons (Fsp3) is 0.125. The number of hydrogen-bond donors (Lipinski definition) is 1. The maximum absolute atomic E-state index is 13.3. The van der Waals surface area contributed by atoms with Crippen LogP contribution in [0.15, 0.2) is 77.8 Å². The summed E-state index contributed by atoms with van der Waals surface area (Å²) in [6.07, 6.45) is 0. The molecule has 0 saturated carbocycles. The second-order valence-corrected chi connectivity index (χ2v) is 8.15. The molecule has 0 fully saturated rings. The van der Waals surface area contributed by atoms with Crippen LogP contribution in [0, 0.1) is 5.82 Å². The summed E-state index contributed by atoms with van der Waals surface area (Å²) in [7, 11) is 3.94. The van der Waals surface area contributed by atoms with E-state index in [9.17, 15) is 9.18 Å². The zero-order chi connectivity index (χ0) is 21.8. The first-order chi connectivity index (χ1) is 15.0. The number of anilines is 2. The number of nitrogens with one attached hydrogen (secondary N) is 1. The SMILES string of the molecule is CN(C)c1ccc(NC(=O)CSc2nnc(-c3ccc(F)cc3)c3ccccc23)cc1. The number of carbonyl (C=O) groups excluding carboxylic acids is 1. The lowest BCUT2D eigenvalue weighted by Gasteiger charge is -2.13. The van der Waals surface area contributed by atoms with E-state index in [4.69, 9.17) is 0 Å². The number of hydrogen-bond acceptors (Lipinski definition) is 5. The molecule has 7 heteroatoms. The molecule has 0 bridgehead atoms. The van der Waals surface area contributed by atoms with Gasteiger partial charge in [-0.2, -0.15) is 0 Å². The van der Waals surface area contributed by atoms with Crippen molar-refractivity contribution in [1.29, 1.82) is 0 Å². The first-order valence-corrected chi connectivity index (χ1v) is 10.7. The zero-order valence-corrected chi connectivity index (χ0v) is 18.0. The Kier molecular flexibility index (Phi) is 6.13. The highest BCUT2D eigenvalue weighted by Gasteiger charge is 2.13. The Morgan fingerprint density at radius 2 is 1.61 bits per heavy atom. The quantitative estimate of drug-likeness (QED) is 0.423. The van der Waals surface area contributed by atoms with E-state index in [-0.39, 0.29) is 17.5 Å². The van der Waals surface area contributed by atoms with Gasteiger partial charge in [-0.3, -0.25) is 4.79 Å². The smallest absolute Gasteiger partial charge is 0.234 e. The fourth-order valence-corrected chi connectivity index (χ4v) is 3.95. The number of fused-ring (bicyclic) bond motifs is 1. The molecule has 0 radical (unpaired) electrons. The Labute approximate surface area is 184 Å². The Bertz CT molecular complexity index is 1210. The average Bonchev–Trinajstić information content (AvgIpc) is 2.78. The van der Waals surface area contributed by atoms with E-state index in [1.165, 1.54) is 23.9 Å². The number of amides is 1. The predicted molar refractivity (Wildman–Crippen MR) is 125 cm³/mol. The van der Waals surface area contributed by atoms with E-state index in [0.29, 0.717) is 10.7 Å². The van der Waals surface area contributed by atoms with Crippen LogP contribution in [0.2, 0.25) is 0 Å². The lowest BCUT2D eigenvalue weighted by molar-refractivity contribution is -0.113. The molecule has 156 valence electrons. The number of benzene rings is 3. The summed E-state index contributed by atoms with van der Waals surface area (Å²) >= 11 is 1.34. The van der Waals surface area contributed by atoms with Crippen molar-refractivity contribution in [2.75, 3.05) is 30.1 Å². The molecule has 3 aromatic carbocycles. The Balaban J connectivity index is 1.50. The van der Waals surface area contributed by atoms with Crippen LogP contribution in [0.25, 0.3) is 22.0 Å². The molecule has 1 amide bonds. The average molecular weight is 433 g/mol. The van der Waals surface area contributed by atoms with Gasteiger partial charge in [-0.1, -0.05) is 36.0 Å². The zero-order valence-electron chi connectivity index (χ0n) is 17.2. The predicted octanol–water partition coefficient (Wildman–Crippen LogP) is 5.23. The molecule has 5 nitrogen and oxygen atoms in total. The summed E-state index contributed by atoms with van der Waals surface area (Å²) in [6, 6.07) is 21.6. The minimum Gasteiger partial charge on any atom is -0.378 e. The molecule has 4 rings (SSSR count). The highest BCUT2D eigenvalue weighted by molar-refractivity contribution is 8.00. The highest BCUT2D eigenvalue weighted by atomic mass is 32.2. The van der Waals surface area contributed by atoms with Crippen molar-refractivity contribution >= 4 is 39.8 Å². The van der Waals surface area contributed by atoms with Gasteiger partial charge in [0.25, 0.3) is 0 Å². The van der Waals surface area contributed by atoms with Crippen LogP contribution in [0.5, 0.6) is 0 Å². The third-order valence-electron chi connectivity index (χ3n) is 4.78. The van der Waals surface area contributed by atoms with E-state index >= 15 is 0 Å². The minimum atomic E-state index is -0.296. The first kappa shape index (κ1) is 20.8. The van der Waals surface area contributed by atoms with Crippen LogP contribution in [-0.4, -0.2) is 36.0 Å². The van der Waals surface area contributed by atoms with Crippen LogP contribution < -0.4 is 10.2 Å². The summed E-state index contributed by atoms with van der Waals surface area (Å²) in [4.78, 5) is 14.4. The molecule has 0 atom stereocenters. The Morgan fingerprint density at radius 3 is 2.29 bits per heavy atom. The molecule has 1 heterocycles. The van der Waals surface area contributed by atoms with Crippen molar-refractivity contribution in [2.45, 2.75) is 5.03 Å². The summed E-state index contributed by atoms with van der Waals surface area (Å²) in [6.45, 7) is 0. The molecule has 0 spiro atoms. The van der Waals surface area contributed by atoms with Gasteiger partial charge in [0.2, 0.25) is 5.91 Å². The van der Waals surface area contributed by atoms with Crippen LogP contribution in [0.4, 0.5) is 15.8 Å². The largest absolute Gasteiger partial charge is 0.378 e. The second kappa shape index (κ2) is 9.14. The highest BCUT2D eigenvalue weighted by Crippen LogP contribution is 2.31. The van der Waals surface area contributed by atoms with E-state index in [0.717, 1.165) is 27.7 Å². The van der Waals surface area contributed by atoms with Crippen LogP contribution >= 0.6 is 11.8 Å². The maximum Gasteiger partial charge on any atom is 0.234 e. The number of thioether (sulfide) groups is 1. The molecular weight excluding hydrogens is 411 g/mol. The number of carbonyl (C=O) groups is 1. The third kappa shape index (κ3) is 4.83. The van der Waals surface area contributed by atoms with E-state index in [1.54, 1.807) is 12.1 Å². The van der Waals surface area contributed by atoms with Gasteiger partial charge < -0.3 is 10.2 Å². The summed E-state index contributed by atoms with van der Waals surface area (Å²) < 4.78 is 13.3. The van der Waals surface area contributed by atoms with Gasteiger partial charge in [-0.25, -0.2) is 4.39 Å². The topological polar surface area (TPSA) is 58.1 Å². The second-order valence-electron chi connectivity index (χ2n) is 7.18. The lowest BCUT2D eigenvalue weighted by Crippen LogP contribution is -2.14. The first-order valence-electron chi connectivity index (χ1n) is 9.72. The Morgan fingerprint density at radius 1 is 0.935 bits per heavy atom. The van der Waals surface area contributed by atoms with E-state index < -0.39 is 0 Å². The molecular formula is C24H21FN4OS.